The molecule has 1 N–H and O–H groups in total. The summed E-state index contributed by atoms with van der Waals surface area (Å²) in [7, 11) is 0. The number of halogens is 3. The summed E-state index contributed by atoms with van der Waals surface area (Å²) < 4.78 is 38.9. The fourth-order valence-corrected chi connectivity index (χ4v) is 2.18. The SMILES string of the molecule is Cc1cccnc1-c1cc(C(F)(F)F)cc2[nH]ncc12. The summed E-state index contributed by atoms with van der Waals surface area (Å²) in [5.74, 6) is 0. The third-order valence-corrected chi connectivity index (χ3v) is 3.15. The summed E-state index contributed by atoms with van der Waals surface area (Å²) in [6.45, 7) is 1.81. The summed E-state index contributed by atoms with van der Waals surface area (Å²) in [5.41, 5.74) is 1.41. The first-order valence-electron chi connectivity index (χ1n) is 5.93. The first-order chi connectivity index (χ1) is 9.47. The van der Waals surface area contributed by atoms with Crippen molar-refractivity contribution < 1.29 is 13.2 Å². The van der Waals surface area contributed by atoms with Gasteiger partial charge in [-0.25, -0.2) is 0 Å². The lowest BCUT2D eigenvalue weighted by molar-refractivity contribution is -0.137. The van der Waals surface area contributed by atoms with Crippen LogP contribution in [-0.4, -0.2) is 15.2 Å². The molecule has 0 unspecified atom stereocenters. The molecule has 0 saturated carbocycles. The molecular formula is C14H10F3N3. The Morgan fingerprint density at radius 3 is 2.70 bits per heavy atom. The van der Waals surface area contributed by atoms with Crippen LogP contribution in [0.5, 0.6) is 0 Å². The van der Waals surface area contributed by atoms with Crippen LogP contribution in [0.1, 0.15) is 11.1 Å². The Bertz CT molecular complexity index is 775. The van der Waals surface area contributed by atoms with Gasteiger partial charge in [0.15, 0.2) is 0 Å². The van der Waals surface area contributed by atoms with E-state index >= 15 is 0 Å². The van der Waals surface area contributed by atoms with Gasteiger partial charge in [0.05, 0.1) is 23.0 Å². The summed E-state index contributed by atoms with van der Waals surface area (Å²) >= 11 is 0. The fraction of sp³-hybridized carbons (Fsp3) is 0.143. The maximum Gasteiger partial charge on any atom is 0.416 e. The fourth-order valence-electron chi connectivity index (χ4n) is 2.18. The second-order valence-electron chi connectivity index (χ2n) is 4.52. The van der Waals surface area contributed by atoms with Gasteiger partial charge in [0.1, 0.15) is 0 Å². The molecule has 2 aromatic heterocycles. The number of benzene rings is 1. The van der Waals surface area contributed by atoms with Crippen molar-refractivity contribution in [1.29, 1.82) is 0 Å². The number of pyridine rings is 1. The minimum atomic E-state index is -4.41. The number of aromatic nitrogens is 3. The molecule has 2 heterocycles. The molecule has 0 radical (unpaired) electrons. The largest absolute Gasteiger partial charge is 0.416 e. The molecule has 6 heteroatoms. The van der Waals surface area contributed by atoms with Gasteiger partial charge in [0.25, 0.3) is 0 Å². The van der Waals surface area contributed by atoms with Crippen LogP contribution in [0, 0.1) is 6.92 Å². The van der Waals surface area contributed by atoms with Crippen LogP contribution in [0.2, 0.25) is 0 Å². The second-order valence-corrected chi connectivity index (χ2v) is 4.52. The summed E-state index contributed by atoms with van der Waals surface area (Å²) in [4.78, 5) is 4.19. The molecule has 102 valence electrons. The molecular weight excluding hydrogens is 267 g/mol. The Morgan fingerprint density at radius 2 is 2.00 bits per heavy atom. The van der Waals surface area contributed by atoms with Crippen molar-refractivity contribution in [3.05, 3.63) is 47.8 Å². The molecule has 0 aliphatic carbocycles. The minimum absolute atomic E-state index is 0.347. The summed E-state index contributed by atoms with van der Waals surface area (Å²) in [6.07, 6.45) is -1.33. The highest BCUT2D eigenvalue weighted by Crippen LogP contribution is 2.36. The van der Waals surface area contributed by atoms with Crippen LogP contribution in [0.3, 0.4) is 0 Å². The molecule has 0 fully saturated rings. The van der Waals surface area contributed by atoms with E-state index in [1.807, 2.05) is 13.0 Å². The van der Waals surface area contributed by atoms with Gasteiger partial charge in [-0.05, 0) is 30.7 Å². The highest BCUT2D eigenvalue weighted by Gasteiger charge is 2.32. The zero-order chi connectivity index (χ0) is 14.3. The number of nitrogens with one attached hydrogen (secondary N) is 1. The van der Waals surface area contributed by atoms with Crippen LogP contribution in [0.4, 0.5) is 13.2 Å². The maximum absolute atomic E-state index is 13.0. The zero-order valence-corrected chi connectivity index (χ0v) is 10.5. The van der Waals surface area contributed by atoms with Crippen molar-refractivity contribution >= 4 is 10.9 Å². The summed E-state index contributed by atoms with van der Waals surface area (Å²) in [5, 5.41) is 7.03. The molecule has 0 aliphatic rings. The van der Waals surface area contributed by atoms with E-state index in [1.165, 1.54) is 6.20 Å². The number of alkyl halides is 3. The third-order valence-electron chi connectivity index (χ3n) is 3.15. The van der Waals surface area contributed by atoms with Crippen molar-refractivity contribution in [3.8, 4) is 11.3 Å². The molecule has 0 atom stereocenters. The molecule has 3 nitrogen and oxygen atoms in total. The number of aryl methyl sites for hydroxylation is 1. The highest BCUT2D eigenvalue weighted by atomic mass is 19.4. The van der Waals surface area contributed by atoms with E-state index < -0.39 is 11.7 Å². The Kier molecular flexibility index (Phi) is 2.74. The highest BCUT2D eigenvalue weighted by molar-refractivity contribution is 5.94. The Balaban J connectivity index is 2.34. The van der Waals surface area contributed by atoms with E-state index in [0.717, 1.165) is 17.7 Å². The lowest BCUT2D eigenvalue weighted by Gasteiger charge is -2.11. The van der Waals surface area contributed by atoms with E-state index in [1.54, 1.807) is 12.3 Å². The van der Waals surface area contributed by atoms with E-state index in [2.05, 4.69) is 15.2 Å². The van der Waals surface area contributed by atoms with Crippen molar-refractivity contribution in [2.24, 2.45) is 0 Å². The molecule has 3 rings (SSSR count). The monoisotopic (exact) mass is 277 g/mol. The lowest BCUT2D eigenvalue weighted by atomic mass is 10.00. The Hall–Kier alpha value is -2.37. The standard InChI is InChI=1S/C14H10F3N3/c1-8-3-2-4-18-13(8)10-5-9(14(15,16)17)6-12-11(10)7-19-20-12/h2-7H,1H3,(H,19,20). The lowest BCUT2D eigenvalue weighted by Crippen LogP contribution is -2.05. The van der Waals surface area contributed by atoms with Gasteiger partial charge in [-0.2, -0.15) is 18.3 Å². The summed E-state index contributed by atoms with van der Waals surface area (Å²) in [6, 6.07) is 5.74. The topological polar surface area (TPSA) is 41.6 Å². The smallest absolute Gasteiger partial charge is 0.278 e. The van der Waals surface area contributed by atoms with Gasteiger partial charge >= 0.3 is 6.18 Å². The third kappa shape index (κ3) is 2.03. The minimum Gasteiger partial charge on any atom is -0.278 e. The van der Waals surface area contributed by atoms with Crippen LogP contribution in [0.15, 0.2) is 36.7 Å². The van der Waals surface area contributed by atoms with Gasteiger partial charge < -0.3 is 0 Å². The molecule has 0 amide bonds. The Morgan fingerprint density at radius 1 is 1.20 bits per heavy atom. The normalized spacial score (nSPS) is 12.0. The average Bonchev–Trinajstić information content (AvgIpc) is 2.85. The van der Waals surface area contributed by atoms with Gasteiger partial charge in [0.2, 0.25) is 0 Å². The quantitative estimate of drug-likeness (QED) is 0.731. The Labute approximate surface area is 112 Å². The van der Waals surface area contributed by atoms with Crippen molar-refractivity contribution in [1.82, 2.24) is 15.2 Å². The van der Waals surface area contributed by atoms with Crippen LogP contribution < -0.4 is 0 Å². The predicted molar refractivity (Wildman–Crippen MR) is 69.1 cm³/mol. The van der Waals surface area contributed by atoms with Gasteiger partial charge in [0, 0.05) is 17.1 Å². The number of hydrogen-bond acceptors (Lipinski definition) is 2. The number of H-pyrrole nitrogens is 1. The van der Waals surface area contributed by atoms with E-state index in [9.17, 15) is 13.2 Å². The van der Waals surface area contributed by atoms with Gasteiger partial charge in [-0.15, -0.1) is 0 Å². The second kappa shape index (κ2) is 4.33. The molecule has 0 aliphatic heterocycles. The molecule has 1 aromatic carbocycles. The molecule has 0 saturated heterocycles. The van der Waals surface area contributed by atoms with Crippen molar-refractivity contribution in [2.75, 3.05) is 0 Å². The average molecular weight is 277 g/mol. The van der Waals surface area contributed by atoms with Crippen LogP contribution in [0.25, 0.3) is 22.2 Å². The van der Waals surface area contributed by atoms with Gasteiger partial charge in [-0.3, -0.25) is 10.1 Å². The van der Waals surface area contributed by atoms with Crippen molar-refractivity contribution in [2.45, 2.75) is 13.1 Å². The first-order valence-corrected chi connectivity index (χ1v) is 5.93. The van der Waals surface area contributed by atoms with Crippen LogP contribution in [-0.2, 0) is 6.18 Å². The number of nitrogens with zero attached hydrogens (tertiary/aromatic N) is 2. The van der Waals surface area contributed by atoms with E-state index in [-0.39, 0.29) is 0 Å². The molecule has 3 aromatic rings. The number of hydrogen-bond donors (Lipinski definition) is 1. The molecule has 0 spiro atoms. The maximum atomic E-state index is 13.0. The number of aromatic amines is 1. The number of fused-ring (bicyclic) bond motifs is 1. The molecule has 0 bridgehead atoms. The van der Waals surface area contributed by atoms with Crippen molar-refractivity contribution in [3.63, 3.8) is 0 Å². The number of rotatable bonds is 1. The van der Waals surface area contributed by atoms with E-state index in [0.29, 0.717) is 22.2 Å². The van der Waals surface area contributed by atoms with Crippen LogP contribution >= 0.6 is 0 Å². The van der Waals surface area contributed by atoms with Gasteiger partial charge in [-0.1, -0.05) is 6.07 Å². The predicted octanol–water partition coefficient (Wildman–Crippen LogP) is 3.95. The molecule has 20 heavy (non-hydrogen) atoms. The first kappa shape index (κ1) is 12.7. The van der Waals surface area contributed by atoms with E-state index in [4.69, 9.17) is 0 Å². The zero-order valence-electron chi connectivity index (χ0n) is 10.5.